The number of rotatable bonds is 6. The molecule has 1 N–H and O–H groups in total. The Morgan fingerprint density at radius 2 is 1.81 bits per heavy atom. The van der Waals surface area contributed by atoms with Crippen LogP contribution >= 0.6 is 11.3 Å². The third kappa shape index (κ3) is 5.02. The van der Waals surface area contributed by atoms with Crippen molar-refractivity contribution in [3.05, 3.63) is 82.4 Å². The van der Waals surface area contributed by atoms with Gasteiger partial charge < -0.3 is 19.4 Å². The number of aromatic nitrogens is 3. The molecule has 2 aromatic heterocycles. The highest BCUT2D eigenvalue weighted by atomic mass is 32.1. The van der Waals surface area contributed by atoms with E-state index in [1.165, 1.54) is 0 Å². The van der Waals surface area contributed by atoms with Crippen LogP contribution in [0, 0.1) is 0 Å². The SMILES string of the molecule is CC(C)(c1nc(-c2nnc(N[C@H]3C=C(c4ccccc4)c4ccccc4CC3=O)o2)c(N2CCO[C@H]3C[C@H]32)s1)C(F)(F)F. The number of hydrogen-bond donors (Lipinski definition) is 1. The molecule has 0 bridgehead atoms. The summed E-state index contributed by atoms with van der Waals surface area (Å²) in [5.74, 6) is -0.104. The van der Waals surface area contributed by atoms with Crippen molar-refractivity contribution < 1.29 is 27.1 Å². The van der Waals surface area contributed by atoms with Crippen molar-refractivity contribution in [3.8, 4) is 11.6 Å². The summed E-state index contributed by atoms with van der Waals surface area (Å²) in [6.45, 7) is 3.22. The zero-order chi connectivity index (χ0) is 29.9. The maximum Gasteiger partial charge on any atom is 0.400 e. The molecule has 1 aliphatic heterocycles. The smallest absolute Gasteiger partial charge is 0.400 e. The van der Waals surface area contributed by atoms with Gasteiger partial charge in [-0.3, -0.25) is 4.79 Å². The van der Waals surface area contributed by atoms with E-state index >= 15 is 0 Å². The molecule has 0 amide bonds. The number of nitrogens with zero attached hydrogens (tertiary/aromatic N) is 4. The van der Waals surface area contributed by atoms with E-state index in [0.717, 1.165) is 53.9 Å². The predicted molar refractivity (Wildman–Crippen MR) is 156 cm³/mol. The van der Waals surface area contributed by atoms with Crippen LogP contribution in [0.25, 0.3) is 17.2 Å². The third-order valence-corrected chi connectivity index (χ3v) is 9.64. The van der Waals surface area contributed by atoms with Crippen molar-refractivity contribution in [1.82, 2.24) is 15.2 Å². The van der Waals surface area contributed by atoms with Crippen molar-refractivity contribution in [2.75, 3.05) is 23.4 Å². The Labute approximate surface area is 249 Å². The van der Waals surface area contributed by atoms with Crippen LogP contribution in [0.2, 0.25) is 0 Å². The number of benzene rings is 2. The molecule has 3 atom stereocenters. The van der Waals surface area contributed by atoms with E-state index in [2.05, 4.69) is 20.5 Å². The van der Waals surface area contributed by atoms with Gasteiger partial charge in [0.1, 0.15) is 21.5 Å². The molecule has 7 rings (SSSR count). The number of carbonyl (C=O) groups excluding carboxylic acids is 1. The molecular weight excluding hydrogens is 579 g/mol. The van der Waals surface area contributed by atoms with E-state index < -0.39 is 17.6 Å². The first kappa shape index (κ1) is 27.8. The van der Waals surface area contributed by atoms with Gasteiger partial charge in [-0.25, -0.2) is 4.98 Å². The van der Waals surface area contributed by atoms with E-state index in [4.69, 9.17) is 9.15 Å². The summed E-state index contributed by atoms with van der Waals surface area (Å²) in [5, 5.41) is 11.8. The molecule has 2 aromatic carbocycles. The van der Waals surface area contributed by atoms with Gasteiger partial charge in [0.25, 0.3) is 5.89 Å². The Hall–Kier alpha value is -4.03. The molecule has 8 nitrogen and oxygen atoms in total. The molecule has 0 spiro atoms. The van der Waals surface area contributed by atoms with Crippen LogP contribution in [0.4, 0.5) is 24.2 Å². The Morgan fingerprint density at radius 1 is 1.05 bits per heavy atom. The maximum atomic E-state index is 14.0. The summed E-state index contributed by atoms with van der Waals surface area (Å²) in [7, 11) is 0. The largest absolute Gasteiger partial charge is 0.402 e. The summed E-state index contributed by atoms with van der Waals surface area (Å²) in [5.41, 5.74) is 1.75. The van der Waals surface area contributed by atoms with Crippen molar-refractivity contribution in [2.45, 2.75) is 56.5 Å². The van der Waals surface area contributed by atoms with Crippen LogP contribution in [0.15, 0.2) is 65.1 Å². The lowest BCUT2D eigenvalue weighted by Gasteiger charge is -2.28. The first-order valence-electron chi connectivity index (χ1n) is 14.0. The number of morpholine rings is 1. The summed E-state index contributed by atoms with van der Waals surface area (Å²) >= 11 is 0.991. The lowest BCUT2D eigenvalue weighted by Crippen LogP contribution is -2.36. The second kappa shape index (κ2) is 10.3. The van der Waals surface area contributed by atoms with Crippen molar-refractivity contribution in [1.29, 1.82) is 0 Å². The fourth-order valence-electron chi connectivity index (χ4n) is 5.51. The van der Waals surface area contributed by atoms with Gasteiger partial charge in [-0.05, 0) is 48.6 Å². The van der Waals surface area contributed by atoms with E-state index in [9.17, 15) is 18.0 Å². The Morgan fingerprint density at radius 3 is 2.60 bits per heavy atom. The number of anilines is 2. The second-order valence-corrected chi connectivity index (χ2v) is 12.5. The van der Waals surface area contributed by atoms with Gasteiger partial charge in [-0.15, -0.1) is 5.10 Å². The van der Waals surface area contributed by atoms with Crippen LogP contribution in [0.1, 0.15) is 42.0 Å². The number of fused-ring (bicyclic) bond motifs is 2. The van der Waals surface area contributed by atoms with Gasteiger partial charge in [0.2, 0.25) is 0 Å². The zero-order valence-corrected chi connectivity index (χ0v) is 24.2. The second-order valence-electron chi connectivity index (χ2n) is 11.5. The van der Waals surface area contributed by atoms with Crippen molar-refractivity contribution in [3.63, 3.8) is 0 Å². The minimum absolute atomic E-state index is 0.0155. The molecule has 222 valence electrons. The van der Waals surface area contributed by atoms with Gasteiger partial charge in [-0.1, -0.05) is 71.0 Å². The summed E-state index contributed by atoms with van der Waals surface area (Å²) in [4.78, 5) is 19.9. The topological polar surface area (TPSA) is 93.4 Å². The summed E-state index contributed by atoms with van der Waals surface area (Å²) in [6, 6.07) is 16.8. The van der Waals surface area contributed by atoms with Crippen LogP contribution < -0.4 is 10.2 Å². The third-order valence-electron chi connectivity index (χ3n) is 8.22. The fourth-order valence-corrected chi connectivity index (χ4v) is 6.77. The quantitative estimate of drug-likeness (QED) is 0.283. The Kier molecular flexibility index (Phi) is 6.66. The number of ketones is 1. The highest BCUT2D eigenvalue weighted by Crippen LogP contribution is 2.49. The molecule has 0 radical (unpaired) electrons. The predicted octanol–water partition coefficient (Wildman–Crippen LogP) is 6.05. The molecule has 4 aromatic rings. The lowest BCUT2D eigenvalue weighted by atomic mass is 9.94. The van der Waals surface area contributed by atoms with Gasteiger partial charge in [0.15, 0.2) is 11.5 Å². The minimum atomic E-state index is -4.51. The van der Waals surface area contributed by atoms with E-state index in [-0.39, 0.29) is 47.0 Å². The molecule has 3 heterocycles. The fraction of sp³-hybridized carbons (Fsp3) is 0.355. The zero-order valence-electron chi connectivity index (χ0n) is 23.4. The number of alkyl halides is 3. The number of carbonyl (C=O) groups is 1. The highest BCUT2D eigenvalue weighted by molar-refractivity contribution is 7.16. The average molecular weight is 608 g/mol. The van der Waals surface area contributed by atoms with E-state index in [1.54, 1.807) is 0 Å². The standard InChI is InChI=1S/C31H28F3N5O3S/c1-30(2,31(32,33)34)28-36-25(27(43-28)39-12-13-41-24-16-22(24)39)26-37-38-29(42-26)35-21-15-20(17-8-4-3-5-9-17)19-11-7-6-10-18(19)14-23(21)40/h3-11,15,21-22,24H,12-14,16H2,1-2H3,(H,35,38)/t21-,22+,24-/m0/s1. The Bertz CT molecular complexity index is 1710. The van der Waals surface area contributed by atoms with Crippen LogP contribution in [-0.4, -0.2) is 58.5 Å². The van der Waals surface area contributed by atoms with Crippen molar-refractivity contribution in [2.24, 2.45) is 0 Å². The molecule has 2 aliphatic carbocycles. The van der Waals surface area contributed by atoms with Gasteiger partial charge in [0.05, 0.1) is 18.8 Å². The number of Topliss-reactive ketones (excluding diaryl/α,β-unsaturated/α-hetero) is 1. The normalized spacial score (nSPS) is 22.0. The van der Waals surface area contributed by atoms with E-state index in [1.807, 2.05) is 65.6 Å². The molecule has 0 unspecified atom stereocenters. The molecular formula is C31H28F3N5O3S. The average Bonchev–Trinajstić information content (AvgIpc) is 3.47. The van der Waals surface area contributed by atoms with Gasteiger partial charge >= 0.3 is 12.2 Å². The molecule has 2 fully saturated rings. The number of ether oxygens (including phenoxy) is 1. The first-order valence-corrected chi connectivity index (χ1v) is 14.9. The highest BCUT2D eigenvalue weighted by Gasteiger charge is 2.53. The van der Waals surface area contributed by atoms with Crippen LogP contribution in [-0.2, 0) is 21.4 Å². The summed E-state index contributed by atoms with van der Waals surface area (Å²) < 4.78 is 53.7. The molecule has 1 saturated carbocycles. The van der Waals surface area contributed by atoms with E-state index in [0.29, 0.717) is 18.2 Å². The lowest BCUT2D eigenvalue weighted by molar-refractivity contribution is -0.180. The number of halogens is 3. The van der Waals surface area contributed by atoms with Crippen molar-refractivity contribution >= 4 is 33.7 Å². The number of nitrogens with one attached hydrogen (secondary N) is 1. The summed E-state index contributed by atoms with van der Waals surface area (Å²) in [6.07, 6.45) is -1.60. The first-order chi connectivity index (χ1) is 20.6. The molecule has 3 aliphatic rings. The van der Waals surface area contributed by atoms with Crippen LogP contribution in [0.5, 0.6) is 0 Å². The Balaban J connectivity index is 1.24. The number of thiazole rings is 1. The number of hydrogen-bond acceptors (Lipinski definition) is 9. The van der Waals surface area contributed by atoms with Gasteiger partial charge in [0, 0.05) is 13.0 Å². The molecule has 1 saturated heterocycles. The maximum absolute atomic E-state index is 14.0. The van der Waals surface area contributed by atoms with Crippen LogP contribution in [0.3, 0.4) is 0 Å². The minimum Gasteiger partial charge on any atom is -0.402 e. The monoisotopic (exact) mass is 607 g/mol. The molecule has 12 heteroatoms. The molecule has 43 heavy (non-hydrogen) atoms. The van der Waals surface area contributed by atoms with Gasteiger partial charge in [-0.2, -0.15) is 13.2 Å².